The van der Waals surface area contributed by atoms with Gasteiger partial charge in [-0.25, -0.2) is 9.78 Å². The van der Waals surface area contributed by atoms with Gasteiger partial charge in [-0.3, -0.25) is 0 Å². The summed E-state index contributed by atoms with van der Waals surface area (Å²) in [7, 11) is 0. The normalized spacial score (nSPS) is 10.8. The summed E-state index contributed by atoms with van der Waals surface area (Å²) in [6, 6.07) is 1.78. The fourth-order valence-corrected chi connectivity index (χ4v) is 1.77. The van der Waals surface area contributed by atoms with E-state index >= 15 is 0 Å². The molecule has 0 aliphatic rings. The first-order valence-corrected chi connectivity index (χ1v) is 5.86. The lowest BCUT2D eigenvalue weighted by Crippen LogP contribution is -2.05. The highest BCUT2D eigenvalue weighted by atomic mass is 79.9. The number of nitrogens with zero attached hydrogens (tertiary/aromatic N) is 1. The molecule has 0 aliphatic heterocycles. The number of furan rings is 1. The number of nitrogen functional groups attached to an aromatic ring is 1. The number of pyridine rings is 1. The highest BCUT2D eigenvalue weighted by Gasteiger charge is 2.21. The summed E-state index contributed by atoms with van der Waals surface area (Å²) in [4.78, 5) is 15.8. The first-order chi connectivity index (χ1) is 8.04. The number of ether oxygens (including phenoxy) is 1. The quantitative estimate of drug-likeness (QED) is 0.862. The molecule has 6 heteroatoms. The molecule has 2 aromatic heterocycles. The maximum atomic E-state index is 11.6. The Morgan fingerprint density at radius 3 is 3.00 bits per heavy atom. The van der Waals surface area contributed by atoms with E-state index in [1.54, 1.807) is 13.0 Å². The first-order valence-electron chi connectivity index (χ1n) is 5.06. The summed E-state index contributed by atoms with van der Waals surface area (Å²) in [5.41, 5.74) is 7.19. The average molecular weight is 299 g/mol. The number of anilines is 1. The number of carbonyl (C=O) groups is 1. The fraction of sp³-hybridized carbons (Fsp3) is 0.273. The first kappa shape index (κ1) is 11.9. The molecule has 90 valence electrons. The zero-order valence-electron chi connectivity index (χ0n) is 9.41. The molecule has 0 radical (unpaired) electrons. The number of esters is 1. The van der Waals surface area contributed by atoms with E-state index in [1.807, 2.05) is 6.92 Å². The van der Waals surface area contributed by atoms with Crippen LogP contribution in [-0.2, 0) is 4.74 Å². The van der Waals surface area contributed by atoms with Crippen LogP contribution in [0, 0.1) is 6.92 Å². The lowest BCUT2D eigenvalue weighted by atomic mass is 10.2. The molecule has 2 heterocycles. The van der Waals surface area contributed by atoms with E-state index in [-0.39, 0.29) is 18.1 Å². The molecule has 2 N–H and O–H groups in total. The van der Waals surface area contributed by atoms with Crippen LogP contribution in [0.1, 0.15) is 23.2 Å². The van der Waals surface area contributed by atoms with Crippen molar-refractivity contribution in [2.45, 2.75) is 13.8 Å². The number of rotatable bonds is 2. The summed E-state index contributed by atoms with van der Waals surface area (Å²) in [5.74, 6) is -0.566. The van der Waals surface area contributed by atoms with Gasteiger partial charge in [-0.05, 0) is 35.8 Å². The number of hydrogen-bond donors (Lipinski definition) is 1. The van der Waals surface area contributed by atoms with Crippen LogP contribution in [0.5, 0.6) is 0 Å². The Bertz CT molecular complexity index is 592. The molecule has 2 rings (SSSR count). The standard InChI is InChI=1S/C11H11BrN2O3/c1-3-16-11(15)9-8(13)6-4-7(12)5(2)14-10(6)17-9/h4H,3,13H2,1-2H3. The van der Waals surface area contributed by atoms with E-state index in [0.29, 0.717) is 11.1 Å². The van der Waals surface area contributed by atoms with E-state index in [0.717, 1.165) is 10.2 Å². The average Bonchev–Trinajstić information content (AvgIpc) is 2.58. The van der Waals surface area contributed by atoms with Gasteiger partial charge in [0.2, 0.25) is 11.5 Å². The predicted molar refractivity (Wildman–Crippen MR) is 66.8 cm³/mol. The minimum absolute atomic E-state index is 0.00634. The number of aromatic nitrogens is 1. The van der Waals surface area contributed by atoms with Crippen molar-refractivity contribution in [1.29, 1.82) is 0 Å². The molecule has 0 atom stereocenters. The summed E-state index contributed by atoms with van der Waals surface area (Å²) >= 11 is 3.35. The third-order valence-electron chi connectivity index (χ3n) is 2.31. The molecule has 17 heavy (non-hydrogen) atoms. The van der Waals surface area contributed by atoms with Crippen molar-refractivity contribution in [1.82, 2.24) is 4.98 Å². The van der Waals surface area contributed by atoms with Crippen molar-refractivity contribution < 1.29 is 13.9 Å². The third-order valence-corrected chi connectivity index (χ3v) is 3.11. The molecule has 5 nitrogen and oxygen atoms in total. The molecule has 0 fully saturated rings. The van der Waals surface area contributed by atoms with Gasteiger partial charge in [0.15, 0.2) is 0 Å². The molecule has 0 unspecified atom stereocenters. The minimum Gasteiger partial charge on any atom is -0.460 e. The van der Waals surface area contributed by atoms with Gasteiger partial charge in [0.25, 0.3) is 0 Å². The largest absolute Gasteiger partial charge is 0.460 e. The Kier molecular flexibility index (Phi) is 3.06. The van der Waals surface area contributed by atoms with Crippen molar-refractivity contribution in [2.24, 2.45) is 0 Å². The van der Waals surface area contributed by atoms with Crippen LogP contribution in [0.3, 0.4) is 0 Å². The maximum Gasteiger partial charge on any atom is 0.376 e. The second-order valence-electron chi connectivity index (χ2n) is 3.47. The topological polar surface area (TPSA) is 78.3 Å². The lowest BCUT2D eigenvalue weighted by Gasteiger charge is -1.97. The number of fused-ring (bicyclic) bond motifs is 1. The molecule has 0 saturated carbocycles. The van der Waals surface area contributed by atoms with Gasteiger partial charge in [-0.2, -0.15) is 0 Å². The van der Waals surface area contributed by atoms with Crippen LogP contribution in [0.15, 0.2) is 15.0 Å². The third kappa shape index (κ3) is 2.00. The Hall–Kier alpha value is -1.56. The van der Waals surface area contributed by atoms with Crippen molar-refractivity contribution in [3.05, 3.63) is 22.0 Å². The predicted octanol–water partition coefficient (Wildman–Crippen LogP) is 2.66. The van der Waals surface area contributed by atoms with Gasteiger partial charge in [0, 0.05) is 4.47 Å². The lowest BCUT2D eigenvalue weighted by molar-refractivity contribution is 0.0494. The van der Waals surface area contributed by atoms with Gasteiger partial charge < -0.3 is 14.9 Å². The van der Waals surface area contributed by atoms with Crippen molar-refractivity contribution in [3.63, 3.8) is 0 Å². The number of carbonyl (C=O) groups excluding carboxylic acids is 1. The SMILES string of the molecule is CCOC(=O)c1oc2nc(C)c(Br)cc2c1N. The van der Waals surface area contributed by atoms with Gasteiger partial charge in [0.1, 0.15) is 0 Å². The second kappa shape index (κ2) is 4.37. The van der Waals surface area contributed by atoms with Crippen molar-refractivity contribution in [3.8, 4) is 0 Å². The summed E-state index contributed by atoms with van der Waals surface area (Å²) < 4.78 is 11.0. The van der Waals surface area contributed by atoms with Crippen LogP contribution in [0.25, 0.3) is 11.1 Å². The highest BCUT2D eigenvalue weighted by molar-refractivity contribution is 9.10. The Morgan fingerprint density at radius 2 is 2.35 bits per heavy atom. The number of hydrogen-bond acceptors (Lipinski definition) is 5. The minimum atomic E-state index is -0.572. The number of nitrogens with two attached hydrogens (primary N) is 1. The number of halogens is 1. The van der Waals surface area contributed by atoms with Crippen LogP contribution in [0.4, 0.5) is 5.69 Å². The Balaban J connectivity index is 2.60. The van der Waals surface area contributed by atoms with Gasteiger partial charge in [-0.1, -0.05) is 0 Å². The Morgan fingerprint density at radius 1 is 1.65 bits per heavy atom. The zero-order valence-corrected chi connectivity index (χ0v) is 11.0. The zero-order chi connectivity index (χ0) is 12.6. The van der Waals surface area contributed by atoms with E-state index < -0.39 is 5.97 Å². The van der Waals surface area contributed by atoms with Gasteiger partial charge in [-0.15, -0.1) is 0 Å². The maximum absolute atomic E-state index is 11.6. The van der Waals surface area contributed by atoms with E-state index in [2.05, 4.69) is 20.9 Å². The molecule has 0 spiro atoms. The molecule has 0 aromatic carbocycles. The summed E-state index contributed by atoms with van der Waals surface area (Å²) in [6.07, 6.45) is 0. The number of aryl methyl sites for hydroxylation is 1. The smallest absolute Gasteiger partial charge is 0.376 e. The molecule has 0 bridgehead atoms. The van der Waals surface area contributed by atoms with E-state index in [9.17, 15) is 4.79 Å². The van der Waals surface area contributed by atoms with Crippen molar-refractivity contribution in [2.75, 3.05) is 12.3 Å². The summed E-state index contributed by atoms with van der Waals surface area (Å²) in [5, 5.41) is 0.602. The van der Waals surface area contributed by atoms with Crippen LogP contribution >= 0.6 is 15.9 Å². The molecule has 2 aromatic rings. The van der Waals surface area contributed by atoms with E-state index in [4.69, 9.17) is 14.9 Å². The fourth-order valence-electron chi connectivity index (χ4n) is 1.45. The molecule has 0 aliphatic carbocycles. The molecule has 0 saturated heterocycles. The van der Waals surface area contributed by atoms with Gasteiger partial charge >= 0.3 is 5.97 Å². The molecular formula is C11H11BrN2O3. The van der Waals surface area contributed by atoms with Crippen LogP contribution < -0.4 is 5.73 Å². The van der Waals surface area contributed by atoms with Crippen LogP contribution in [-0.4, -0.2) is 17.6 Å². The summed E-state index contributed by atoms with van der Waals surface area (Å²) in [6.45, 7) is 3.81. The van der Waals surface area contributed by atoms with Gasteiger partial charge in [0.05, 0.1) is 23.4 Å². The second-order valence-corrected chi connectivity index (χ2v) is 4.33. The Labute approximate surface area is 106 Å². The molecule has 0 amide bonds. The molecular weight excluding hydrogens is 288 g/mol. The van der Waals surface area contributed by atoms with E-state index in [1.165, 1.54) is 0 Å². The van der Waals surface area contributed by atoms with Crippen molar-refractivity contribution >= 4 is 38.7 Å². The monoisotopic (exact) mass is 298 g/mol. The van der Waals surface area contributed by atoms with Crippen LogP contribution in [0.2, 0.25) is 0 Å². The highest BCUT2D eigenvalue weighted by Crippen LogP contribution is 2.30.